The van der Waals surface area contributed by atoms with Gasteiger partial charge in [0.1, 0.15) is 18.0 Å². The molecule has 192 valence electrons. The minimum absolute atomic E-state index is 0.0193. The number of likely N-dealkylation sites (tertiary alicyclic amines) is 1. The monoisotopic (exact) mass is 523 g/mol. The molecular weight excluding hydrogens is 499 g/mol. The molecule has 1 N–H and O–H groups in total. The highest BCUT2D eigenvalue weighted by molar-refractivity contribution is 7.92. The topological polar surface area (TPSA) is 97.7 Å². The molecule has 2 aromatic carbocycles. The Hall–Kier alpha value is -3.54. The highest BCUT2D eigenvalue weighted by Crippen LogP contribution is 2.27. The third kappa shape index (κ3) is 6.17. The molecule has 3 aromatic rings. The minimum atomic E-state index is -4.85. The molecule has 2 amide bonds. The van der Waals surface area contributed by atoms with Crippen molar-refractivity contribution in [2.75, 3.05) is 24.2 Å². The van der Waals surface area contributed by atoms with Crippen LogP contribution in [0.3, 0.4) is 0 Å². The van der Waals surface area contributed by atoms with Crippen LogP contribution in [0.15, 0.2) is 59.6 Å². The Bertz CT molecular complexity index is 1360. The van der Waals surface area contributed by atoms with Crippen molar-refractivity contribution in [2.45, 2.75) is 37.1 Å². The van der Waals surface area contributed by atoms with E-state index >= 15 is 0 Å². The van der Waals surface area contributed by atoms with E-state index in [9.17, 15) is 31.2 Å². The number of rotatable bonds is 7. The summed E-state index contributed by atoms with van der Waals surface area (Å²) in [4.78, 5) is 26.9. The highest BCUT2D eigenvalue weighted by atomic mass is 32.2. The Kier molecular flexibility index (Phi) is 7.25. The molecule has 2 heterocycles. The van der Waals surface area contributed by atoms with Gasteiger partial charge in [0.05, 0.1) is 4.90 Å². The summed E-state index contributed by atoms with van der Waals surface area (Å²) in [7, 11) is -4.11. The molecule has 1 aliphatic heterocycles. The number of piperidine rings is 1. The molecule has 1 fully saturated rings. The molecule has 12 heteroatoms. The van der Waals surface area contributed by atoms with E-state index in [1.54, 1.807) is 33.7 Å². The first kappa shape index (κ1) is 25.5. The third-order valence-electron chi connectivity index (χ3n) is 5.79. The molecular formula is C24H24F3N3O5S. The van der Waals surface area contributed by atoms with Crippen molar-refractivity contribution in [3.8, 4) is 5.75 Å². The van der Waals surface area contributed by atoms with Gasteiger partial charge in [0, 0.05) is 35.9 Å². The van der Waals surface area contributed by atoms with Gasteiger partial charge in [-0.2, -0.15) is 0 Å². The lowest BCUT2D eigenvalue weighted by Gasteiger charge is -2.27. The number of nitrogens with one attached hydrogen (secondary N) is 1. The molecule has 0 radical (unpaired) electrons. The van der Waals surface area contributed by atoms with Gasteiger partial charge in [-0.1, -0.05) is 18.2 Å². The van der Waals surface area contributed by atoms with Crippen molar-refractivity contribution in [1.29, 1.82) is 0 Å². The molecule has 1 saturated heterocycles. The lowest BCUT2D eigenvalue weighted by atomic mass is 10.1. The molecule has 0 aliphatic carbocycles. The number of ether oxygens (including phenoxy) is 1. The fourth-order valence-corrected chi connectivity index (χ4v) is 5.54. The van der Waals surface area contributed by atoms with Gasteiger partial charge in [-0.3, -0.25) is 9.59 Å². The number of nitrogens with zero attached hydrogens (tertiary/aromatic N) is 2. The number of anilines is 1. The second kappa shape index (κ2) is 10.2. The van der Waals surface area contributed by atoms with Gasteiger partial charge in [-0.25, -0.2) is 8.42 Å². The van der Waals surface area contributed by atoms with Gasteiger partial charge < -0.3 is 19.5 Å². The lowest BCUT2D eigenvalue weighted by molar-refractivity contribution is -0.274. The van der Waals surface area contributed by atoms with E-state index in [4.69, 9.17) is 0 Å². The summed E-state index contributed by atoms with van der Waals surface area (Å²) in [6.45, 7) is 1.33. The number of sulfone groups is 1. The number of hydrogen-bond donors (Lipinski definition) is 1. The van der Waals surface area contributed by atoms with Crippen molar-refractivity contribution in [3.63, 3.8) is 0 Å². The van der Waals surface area contributed by atoms with E-state index in [1.165, 1.54) is 18.3 Å². The summed E-state index contributed by atoms with van der Waals surface area (Å²) in [5.74, 6) is -2.32. The van der Waals surface area contributed by atoms with Crippen LogP contribution in [0.25, 0.3) is 10.9 Å². The Morgan fingerprint density at radius 3 is 2.31 bits per heavy atom. The SMILES string of the molecule is O=C(CS(=O)(=O)c1cn(CC(=O)N2CCCCC2)c2ccccc12)Nc1ccc(OC(F)(F)F)cc1. The van der Waals surface area contributed by atoms with Crippen molar-refractivity contribution in [2.24, 2.45) is 0 Å². The third-order valence-corrected chi connectivity index (χ3v) is 7.43. The van der Waals surface area contributed by atoms with E-state index < -0.39 is 33.6 Å². The number of amides is 2. The molecule has 0 spiro atoms. The van der Waals surface area contributed by atoms with Crippen LogP contribution in [0.4, 0.5) is 18.9 Å². The summed E-state index contributed by atoms with van der Waals surface area (Å²) >= 11 is 0. The molecule has 0 unspecified atom stereocenters. The largest absolute Gasteiger partial charge is 0.573 e. The van der Waals surface area contributed by atoms with Crippen LogP contribution in [0.2, 0.25) is 0 Å². The van der Waals surface area contributed by atoms with Crippen LogP contribution in [0.5, 0.6) is 5.75 Å². The Labute approximate surface area is 205 Å². The summed E-state index contributed by atoms with van der Waals surface area (Å²) in [6, 6.07) is 11.1. The zero-order chi connectivity index (χ0) is 25.9. The van der Waals surface area contributed by atoms with Crippen LogP contribution in [-0.4, -0.2) is 54.9 Å². The summed E-state index contributed by atoms with van der Waals surface area (Å²) in [6.07, 6.45) is -0.531. The number of para-hydroxylation sites is 1. The number of carbonyl (C=O) groups excluding carboxylic acids is 2. The molecule has 8 nitrogen and oxygen atoms in total. The second-order valence-electron chi connectivity index (χ2n) is 8.46. The fraction of sp³-hybridized carbons (Fsp3) is 0.333. The smallest absolute Gasteiger partial charge is 0.406 e. The van der Waals surface area contributed by atoms with E-state index in [1.807, 2.05) is 0 Å². The van der Waals surface area contributed by atoms with Crippen LogP contribution < -0.4 is 10.1 Å². The molecule has 36 heavy (non-hydrogen) atoms. The molecule has 0 saturated carbocycles. The number of halogens is 3. The fourth-order valence-electron chi connectivity index (χ4n) is 4.17. The number of benzene rings is 2. The maximum absolute atomic E-state index is 13.1. The molecule has 4 rings (SSSR count). The van der Waals surface area contributed by atoms with Gasteiger partial charge in [-0.15, -0.1) is 13.2 Å². The highest BCUT2D eigenvalue weighted by Gasteiger charge is 2.31. The second-order valence-corrected chi connectivity index (χ2v) is 10.4. The maximum Gasteiger partial charge on any atom is 0.573 e. The first-order valence-electron chi connectivity index (χ1n) is 11.3. The maximum atomic E-state index is 13.1. The molecule has 1 aromatic heterocycles. The van der Waals surface area contributed by atoms with Crippen LogP contribution in [0, 0.1) is 0 Å². The van der Waals surface area contributed by atoms with Crippen molar-refractivity contribution >= 4 is 38.2 Å². The predicted octanol–water partition coefficient (Wildman–Crippen LogP) is 3.96. The minimum Gasteiger partial charge on any atom is -0.406 e. The summed E-state index contributed by atoms with van der Waals surface area (Å²) in [5.41, 5.74) is 0.668. The Balaban J connectivity index is 1.49. The standard InChI is InChI=1S/C24H24F3N3O5S/c25-24(26,27)35-18-10-8-17(9-11-18)28-22(31)16-36(33,34)21-14-30(20-7-3-2-6-19(20)21)15-23(32)29-12-4-1-5-13-29/h2-3,6-11,14H,1,4-5,12-13,15-16H2,(H,28,31). The van der Waals surface area contributed by atoms with Crippen molar-refractivity contribution in [1.82, 2.24) is 9.47 Å². The lowest BCUT2D eigenvalue weighted by Crippen LogP contribution is -2.37. The normalized spacial score (nSPS) is 14.6. The number of hydrogen-bond acceptors (Lipinski definition) is 5. The van der Waals surface area contributed by atoms with Crippen LogP contribution in [0.1, 0.15) is 19.3 Å². The van der Waals surface area contributed by atoms with Gasteiger partial charge in [0.15, 0.2) is 9.84 Å². The van der Waals surface area contributed by atoms with E-state index in [-0.39, 0.29) is 23.0 Å². The Morgan fingerprint density at radius 2 is 1.64 bits per heavy atom. The van der Waals surface area contributed by atoms with Crippen molar-refractivity contribution < 1.29 is 35.9 Å². The predicted molar refractivity (Wildman–Crippen MR) is 126 cm³/mol. The average Bonchev–Trinajstić information content (AvgIpc) is 3.19. The molecule has 1 aliphatic rings. The number of fused-ring (bicyclic) bond motifs is 1. The van der Waals surface area contributed by atoms with E-state index in [2.05, 4.69) is 10.1 Å². The van der Waals surface area contributed by atoms with E-state index in [0.717, 1.165) is 31.4 Å². The van der Waals surface area contributed by atoms with E-state index in [0.29, 0.717) is 24.0 Å². The quantitative estimate of drug-likeness (QED) is 0.506. The van der Waals surface area contributed by atoms with Gasteiger partial charge >= 0.3 is 6.36 Å². The average molecular weight is 524 g/mol. The Morgan fingerprint density at radius 1 is 0.972 bits per heavy atom. The van der Waals surface area contributed by atoms with Crippen LogP contribution in [-0.2, 0) is 26.0 Å². The summed E-state index contributed by atoms with van der Waals surface area (Å²) in [5, 5.41) is 2.76. The van der Waals surface area contributed by atoms with Crippen LogP contribution >= 0.6 is 0 Å². The molecule has 0 atom stereocenters. The van der Waals surface area contributed by atoms with Crippen molar-refractivity contribution in [3.05, 3.63) is 54.7 Å². The summed E-state index contributed by atoms with van der Waals surface area (Å²) < 4.78 is 68.5. The number of alkyl halides is 3. The number of carbonyl (C=O) groups is 2. The van der Waals surface area contributed by atoms with Gasteiger partial charge in [0.2, 0.25) is 11.8 Å². The zero-order valence-electron chi connectivity index (χ0n) is 19.1. The molecule has 0 bridgehead atoms. The number of aromatic nitrogens is 1. The zero-order valence-corrected chi connectivity index (χ0v) is 19.9. The first-order valence-corrected chi connectivity index (χ1v) is 12.9. The first-order chi connectivity index (χ1) is 17.0. The van der Waals surface area contributed by atoms with Gasteiger partial charge in [-0.05, 0) is 49.6 Å². The van der Waals surface area contributed by atoms with Gasteiger partial charge in [0.25, 0.3) is 0 Å².